The minimum Gasteiger partial charge on any atom is -0.384 e. The lowest BCUT2D eigenvalue weighted by Crippen LogP contribution is -2.42. The van der Waals surface area contributed by atoms with E-state index in [-0.39, 0.29) is 11.9 Å². The number of aromatic nitrogens is 4. The molecule has 0 spiro atoms. The lowest BCUT2D eigenvalue weighted by Gasteiger charge is -2.23. The molecule has 3 aromatic heterocycles. The Morgan fingerprint density at radius 2 is 2.17 bits per heavy atom. The number of nitrogens with zero attached hydrogens (tertiary/aromatic N) is 5. The number of rotatable bonds is 5. The molecule has 0 aromatic carbocycles. The van der Waals surface area contributed by atoms with Crippen molar-refractivity contribution in [2.45, 2.75) is 38.1 Å². The standard InChI is InChI=1S/C20H22N8OS/c21-15-7-2-8-16(25-15)26-17-12-4-1-5-13(12)24-19(27-17)28(20-23-10-11-30-20)18(29)14-6-3-9-22-14/h2,7-8,10-11,14,22H,1,3-6,9H2,(H3,21,24,25,26,27)/t14-/m1/s1. The van der Waals surface area contributed by atoms with Gasteiger partial charge in [-0.1, -0.05) is 6.07 Å². The van der Waals surface area contributed by atoms with Crippen LogP contribution in [-0.2, 0) is 17.6 Å². The molecule has 30 heavy (non-hydrogen) atoms. The molecule has 1 amide bonds. The Kier molecular flexibility index (Phi) is 5.01. The third kappa shape index (κ3) is 3.59. The number of aryl methyl sites for hydroxylation is 1. The van der Waals surface area contributed by atoms with E-state index >= 15 is 0 Å². The number of hydrogen-bond donors (Lipinski definition) is 3. The second-order valence-corrected chi connectivity index (χ2v) is 8.23. The van der Waals surface area contributed by atoms with Gasteiger partial charge in [-0.05, 0) is 50.8 Å². The predicted molar refractivity (Wildman–Crippen MR) is 116 cm³/mol. The molecule has 1 saturated heterocycles. The lowest BCUT2D eigenvalue weighted by atomic mass is 10.2. The van der Waals surface area contributed by atoms with Crippen molar-refractivity contribution in [3.8, 4) is 0 Å². The summed E-state index contributed by atoms with van der Waals surface area (Å²) in [4.78, 5) is 33.1. The Morgan fingerprint density at radius 3 is 2.93 bits per heavy atom. The first kappa shape index (κ1) is 18.9. The van der Waals surface area contributed by atoms with Crippen LogP contribution in [-0.4, -0.2) is 38.4 Å². The van der Waals surface area contributed by atoms with Gasteiger partial charge in [0.25, 0.3) is 5.91 Å². The Hall–Kier alpha value is -3.11. The monoisotopic (exact) mass is 422 g/mol. The van der Waals surface area contributed by atoms with Crippen LogP contribution in [0.15, 0.2) is 29.8 Å². The second kappa shape index (κ2) is 7.96. The van der Waals surface area contributed by atoms with Crippen molar-refractivity contribution < 1.29 is 4.79 Å². The fourth-order valence-corrected chi connectivity index (χ4v) is 4.56. The number of pyridine rings is 1. The van der Waals surface area contributed by atoms with Crippen LogP contribution in [0.4, 0.5) is 28.5 Å². The van der Waals surface area contributed by atoms with Gasteiger partial charge in [-0.25, -0.2) is 19.9 Å². The number of carbonyl (C=O) groups is 1. The molecule has 10 heteroatoms. The zero-order valence-corrected chi connectivity index (χ0v) is 17.2. The summed E-state index contributed by atoms with van der Waals surface area (Å²) in [5.74, 6) is 1.97. The van der Waals surface area contributed by atoms with E-state index in [9.17, 15) is 4.79 Å². The smallest absolute Gasteiger partial charge is 0.252 e. The molecule has 5 rings (SSSR count). The number of amides is 1. The second-order valence-electron chi connectivity index (χ2n) is 7.36. The Labute approximate surface area is 177 Å². The summed E-state index contributed by atoms with van der Waals surface area (Å²) in [6, 6.07) is 5.16. The molecule has 0 bridgehead atoms. The number of anilines is 5. The molecule has 4 N–H and O–H groups in total. The highest BCUT2D eigenvalue weighted by molar-refractivity contribution is 7.13. The zero-order valence-electron chi connectivity index (χ0n) is 16.3. The third-order valence-electron chi connectivity index (χ3n) is 5.33. The number of carbonyl (C=O) groups excluding carboxylic acids is 1. The van der Waals surface area contributed by atoms with Crippen molar-refractivity contribution in [1.29, 1.82) is 0 Å². The number of nitrogens with two attached hydrogens (primary N) is 1. The SMILES string of the molecule is Nc1cccc(Nc2nc(N(C(=O)[C@H]3CCCN3)c3nccs3)nc3c2CCC3)n1. The molecule has 1 aliphatic carbocycles. The van der Waals surface area contributed by atoms with E-state index in [1.165, 1.54) is 11.3 Å². The van der Waals surface area contributed by atoms with Crippen molar-refractivity contribution in [2.24, 2.45) is 0 Å². The highest BCUT2D eigenvalue weighted by atomic mass is 32.1. The van der Waals surface area contributed by atoms with Crippen LogP contribution in [0, 0.1) is 0 Å². The average Bonchev–Trinajstić information content (AvgIpc) is 3.50. The fraction of sp³-hybridized carbons (Fsp3) is 0.350. The molecule has 1 fully saturated rings. The number of fused-ring (bicyclic) bond motifs is 1. The summed E-state index contributed by atoms with van der Waals surface area (Å²) in [6.45, 7) is 0.834. The molecule has 9 nitrogen and oxygen atoms in total. The van der Waals surface area contributed by atoms with Crippen LogP contribution in [0.2, 0.25) is 0 Å². The van der Waals surface area contributed by atoms with Gasteiger partial charge in [0.15, 0.2) is 5.13 Å². The summed E-state index contributed by atoms with van der Waals surface area (Å²) >= 11 is 1.39. The molecule has 1 atom stereocenters. The minimum atomic E-state index is -0.252. The van der Waals surface area contributed by atoms with Crippen molar-refractivity contribution in [3.63, 3.8) is 0 Å². The van der Waals surface area contributed by atoms with Crippen LogP contribution in [0.1, 0.15) is 30.5 Å². The highest BCUT2D eigenvalue weighted by Gasteiger charge is 2.33. The maximum absolute atomic E-state index is 13.4. The van der Waals surface area contributed by atoms with Gasteiger partial charge in [-0.2, -0.15) is 4.98 Å². The molecule has 4 heterocycles. The summed E-state index contributed by atoms with van der Waals surface area (Å²) in [6.07, 6.45) is 6.19. The van der Waals surface area contributed by atoms with Crippen LogP contribution < -0.4 is 21.3 Å². The van der Waals surface area contributed by atoms with Crippen molar-refractivity contribution in [2.75, 3.05) is 22.5 Å². The molecule has 0 unspecified atom stereocenters. The molecular formula is C20H22N8OS. The van der Waals surface area contributed by atoms with E-state index in [1.807, 2.05) is 17.5 Å². The molecular weight excluding hydrogens is 400 g/mol. The molecule has 3 aromatic rings. The summed E-state index contributed by atoms with van der Waals surface area (Å²) in [5.41, 5.74) is 7.85. The van der Waals surface area contributed by atoms with Crippen molar-refractivity contribution >= 4 is 45.8 Å². The predicted octanol–water partition coefficient (Wildman–Crippen LogP) is 2.56. The van der Waals surface area contributed by atoms with Crippen molar-refractivity contribution in [1.82, 2.24) is 25.3 Å². The number of nitrogen functional groups attached to an aromatic ring is 1. The minimum absolute atomic E-state index is 0.0755. The van der Waals surface area contributed by atoms with Gasteiger partial charge in [0.2, 0.25) is 5.95 Å². The first-order valence-electron chi connectivity index (χ1n) is 10.1. The maximum atomic E-state index is 13.4. The van der Waals surface area contributed by atoms with Gasteiger partial charge in [0.05, 0.1) is 11.7 Å². The zero-order chi connectivity index (χ0) is 20.5. The molecule has 2 aliphatic rings. The van der Waals surface area contributed by atoms with Crippen LogP contribution in [0.25, 0.3) is 0 Å². The molecule has 1 aliphatic heterocycles. The van der Waals surface area contributed by atoms with E-state index < -0.39 is 0 Å². The summed E-state index contributed by atoms with van der Waals surface area (Å²) in [7, 11) is 0. The van der Waals surface area contributed by atoms with Crippen LogP contribution >= 0.6 is 11.3 Å². The van der Waals surface area contributed by atoms with Gasteiger partial charge < -0.3 is 16.4 Å². The highest BCUT2D eigenvalue weighted by Crippen LogP contribution is 2.33. The number of thiazole rings is 1. The van der Waals surface area contributed by atoms with Crippen LogP contribution in [0.3, 0.4) is 0 Å². The van der Waals surface area contributed by atoms with E-state index in [0.717, 1.165) is 49.9 Å². The van der Waals surface area contributed by atoms with E-state index in [2.05, 4.69) is 20.6 Å². The van der Waals surface area contributed by atoms with Crippen molar-refractivity contribution in [3.05, 3.63) is 41.0 Å². The largest absolute Gasteiger partial charge is 0.384 e. The van der Waals surface area contributed by atoms with Gasteiger partial charge in [-0.3, -0.25) is 4.79 Å². The summed E-state index contributed by atoms with van der Waals surface area (Å²) in [5, 5.41) is 8.97. The van der Waals surface area contributed by atoms with Gasteiger partial charge in [-0.15, -0.1) is 11.3 Å². The van der Waals surface area contributed by atoms with Gasteiger partial charge in [0.1, 0.15) is 17.5 Å². The lowest BCUT2D eigenvalue weighted by molar-refractivity contribution is -0.119. The summed E-state index contributed by atoms with van der Waals surface area (Å²) < 4.78 is 0. The average molecular weight is 423 g/mol. The quantitative estimate of drug-likeness (QED) is 0.573. The van der Waals surface area contributed by atoms with Crippen LogP contribution in [0.5, 0.6) is 0 Å². The normalized spacial score (nSPS) is 17.7. The number of hydrogen-bond acceptors (Lipinski definition) is 9. The van der Waals surface area contributed by atoms with E-state index in [1.54, 1.807) is 17.2 Å². The first-order valence-corrected chi connectivity index (χ1v) is 10.9. The Morgan fingerprint density at radius 1 is 1.23 bits per heavy atom. The van der Waals surface area contributed by atoms with Gasteiger partial charge >= 0.3 is 0 Å². The fourth-order valence-electron chi connectivity index (χ4n) is 3.92. The maximum Gasteiger partial charge on any atom is 0.252 e. The molecule has 0 radical (unpaired) electrons. The Balaban J connectivity index is 1.57. The van der Waals surface area contributed by atoms with E-state index in [0.29, 0.717) is 28.5 Å². The third-order valence-corrected chi connectivity index (χ3v) is 6.08. The molecule has 0 saturated carbocycles. The first-order chi connectivity index (χ1) is 14.7. The van der Waals surface area contributed by atoms with Gasteiger partial charge in [0, 0.05) is 17.1 Å². The Bertz CT molecular complexity index is 1060. The number of nitrogens with one attached hydrogen (secondary N) is 2. The van der Waals surface area contributed by atoms with E-state index in [4.69, 9.17) is 15.7 Å². The molecule has 154 valence electrons. The topological polar surface area (TPSA) is 122 Å².